The molecule has 21 heavy (non-hydrogen) atoms. The maximum atomic E-state index is 12.0. The van der Waals surface area contributed by atoms with Crippen LogP contribution in [-0.2, 0) is 11.2 Å². The third-order valence-corrected chi connectivity index (χ3v) is 4.43. The van der Waals surface area contributed by atoms with Crippen LogP contribution in [0.25, 0.3) is 0 Å². The predicted molar refractivity (Wildman–Crippen MR) is 93.8 cm³/mol. The predicted octanol–water partition coefficient (Wildman–Crippen LogP) is 4.18. The largest absolute Gasteiger partial charge is 0.496 e. The average Bonchev–Trinajstić information content (AvgIpc) is 2.49. The SMILES string of the molecule is COc1ccccc1CCC(=O)Nc1ccc(C)c(I)c1. The van der Waals surface area contributed by atoms with Gasteiger partial charge in [0.15, 0.2) is 0 Å². The molecule has 0 aliphatic carbocycles. The van der Waals surface area contributed by atoms with E-state index in [2.05, 4.69) is 34.8 Å². The minimum absolute atomic E-state index is 0.0144. The van der Waals surface area contributed by atoms with Gasteiger partial charge in [-0.25, -0.2) is 0 Å². The number of anilines is 1. The molecule has 1 amide bonds. The molecule has 0 radical (unpaired) electrons. The summed E-state index contributed by atoms with van der Waals surface area (Å²) in [5.41, 5.74) is 3.10. The molecule has 0 aliphatic heterocycles. The molecule has 2 aromatic rings. The summed E-state index contributed by atoms with van der Waals surface area (Å²) in [6.45, 7) is 2.05. The number of halogens is 1. The third kappa shape index (κ3) is 4.46. The molecule has 2 aromatic carbocycles. The van der Waals surface area contributed by atoms with E-state index in [1.807, 2.05) is 42.5 Å². The summed E-state index contributed by atoms with van der Waals surface area (Å²) in [6, 6.07) is 13.7. The minimum Gasteiger partial charge on any atom is -0.496 e. The van der Waals surface area contributed by atoms with E-state index < -0.39 is 0 Å². The first-order valence-corrected chi connectivity index (χ1v) is 7.86. The first-order chi connectivity index (χ1) is 10.1. The number of hydrogen-bond donors (Lipinski definition) is 1. The molecule has 0 aliphatic rings. The Morgan fingerprint density at radius 3 is 2.71 bits per heavy atom. The molecule has 0 saturated carbocycles. The van der Waals surface area contributed by atoms with Gasteiger partial charge in [-0.1, -0.05) is 24.3 Å². The maximum Gasteiger partial charge on any atom is 0.224 e. The van der Waals surface area contributed by atoms with E-state index in [9.17, 15) is 4.79 Å². The van der Waals surface area contributed by atoms with Crippen LogP contribution in [-0.4, -0.2) is 13.0 Å². The van der Waals surface area contributed by atoms with E-state index in [0.717, 1.165) is 20.6 Å². The number of hydrogen-bond acceptors (Lipinski definition) is 2. The fourth-order valence-corrected chi connectivity index (χ4v) is 2.57. The maximum absolute atomic E-state index is 12.0. The molecule has 0 heterocycles. The van der Waals surface area contributed by atoms with E-state index in [-0.39, 0.29) is 5.91 Å². The van der Waals surface area contributed by atoms with E-state index in [0.29, 0.717) is 12.8 Å². The zero-order chi connectivity index (χ0) is 15.2. The van der Waals surface area contributed by atoms with Crippen molar-refractivity contribution in [3.8, 4) is 5.75 Å². The second-order valence-corrected chi connectivity index (χ2v) is 5.99. The highest BCUT2D eigenvalue weighted by atomic mass is 127. The van der Waals surface area contributed by atoms with Crippen molar-refractivity contribution in [3.63, 3.8) is 0 Å². The van der Waals surface area contributed by atoms with Gasteiger partial charge >= 0.3 is 0 Å². The average molecular weight is 395 g/mol. The van der Waals surface area contributed by atoms with Crippen molar-refractivity contribution in [1.82, 2.24) is 0 Å². The van der Waals surface area contributed by atoms with Crippen molar-refractivity contribution in [2.45, 2.75) is 19.8 Å². The Hall–Kier alpha value is -1.56. The number of nitrogens with one attached hydrogen (secondary N) is 1. The van der Waals surface area contributed by atoms with E-state index in [4.69, 9.17) is 4.74 Å². The summed E-state index contributed by atoms with van der Waals surface area (Å²) in [4.78, 5) is 12.0. The molecular weight excluding hydrogens is 377 g/mol. The number of rotatable bonds is 5. The van der Waals surface area contributed by atoms with Crippen molar-refractivity contribution in [2.75, 3.05) is 12.4 Å². The number of methoxy groups -OCH3 is 1. The molecular formula is C17H18INO2. The van der Waals surface area contributed by atoms with Gasteiger partial charge in [0.25, 0.3) is 0 Å². The van der Waals surface area contributed by atoms with Crippen LogP contribution in [0.5, 0.6) is 5.75 Å². The van der Waals surface area contributed by atoms with Crippen LogP contribution in [0.1, 0.15) is 17.5 Å². The smallest absolute Gasteiger partial charge is 0.224 e. The van der Waals surface area contributed by atoms with Crippen molar-refractivity contribution >= 4 is 34.2 Å². The molecule has 0 bridgehead atoms. The van der Waals surface area contributed by atoms with Gasteiger partial charge in [-0.3, -0.25) is 4.79 Å². The van der Waals surface area contributed by atoms with E-state index in [1.165, 1.54) is 5.56 Å². The molecule has 0 saturated heterocycles. The zero-order valence-corrected chi connectivity index (χ0v) is 14.3. The Morgan fingerprint density at radius 2 is 2.00 bits per heavy atom. The highest BCUT2D eigenvalue weighted by Gasteiger charge is 2.07. The molecule has 2 rings (SSSR count). The number of benzene rings is 2. The van der Waals surface area contributed by atoms with E-state index >= 15 is 0 Å². The first-order valence-electron chi connectivity index (χ1n) is 6.78. The molecule has 3 nitrogen and oxygen atoms in total. The number of carbonyl (C=O) groups excluding carboxylic acids is 1. The number of amides is 1. The van der Waals surface area contributed by atoms with Crippen molar-refractivity contribution < 1.29 is 9.53 Å². The van der Waals surface area contributed by atoms with Crippen molar-refractivity contribution in [1.29, 1.82) is 0 Å². The van der Waals surface area contributed by atoms with Gasteiger partial charge in [0.1, 0.15) is 5.75 Å². The standard InChI is InChI=1S/C17H18INO2/c1-12-7-9-14(11-15(12)18)19-17(20)10-8-13-5-3-4-6-16(13)21-2/h3-7,9,11H,8,10H2,1-2H3,(H,19,20). The Labute approximate surface area is 138 Å². The fraction of sp³-hybridized carbons (Fsp3) is 0.235. The Balaban J connectivity index is 1.94. The lowest BCUT2D eigenvalue weighted by Crippen LogP contribution is -2.12. The summed E-state index contributed by atoms with van der Waals surface area (Å²) < 4.78 is 6.44. The quantitative estimate of drug-likeness (QED) is 0.772. The summed E-state index contributed by atoms with van der Waals surface area (Å²) >= 11 is 2.27. The molecule has 4 heteroatoms. The van der Waals surface area contributed by atoms with Crippen LogP contribution in [0.3, 0.4) is 0 Å². The van der Waals surface area contributed by atoms with Gasteiger partial charge in [0.05, 0.1) is 7.11 Å². The van der Waals surface area contributed by atoms with Crippen molar-refractivity contribution in [3.05, 3.63) is 57.2 Å². The zero-order valence-electron chi connectivity index (χ0n) is 12.2. The second-order valence-electron chi connectivity index (χ2n) is 4.82. The van der Waals surface area contributed by atoms with Crippen LogP contribution < -0.4 is 10.1 Å². The van der Waals surface area contributed by atoms with Gasteiger partial charge < -0.3 is 10.1 Å². The molecule has 0 atom stereocenters. The highest BCUT2D eigenvalue weighted by Crippen LogP contribution is 2.20. The van der Waals surface area contributed by atoms with Gasteiger partial charge in [-0.15, -0.1) is 0 Å². The Kier molecular flexibility index (Phi) is 5.61. The van der Waals surface area contributed by atoms with Crippen molar-refractivity contribution in [2.24, 2.45) is 0 Å². The van der Waals surface area contributed by atoms with Gasteiger partial charge in [0.2, 0.25) is 5.91 Å². The molecule has 1 N–H and O–H groups in total. The molecule has 0 aromatic heterocycles. The lowest BCUT2D eigenvalue weighted by molar-refractivity contribution is -0.116. The number of ether oxygens (including phenoxy) is 1. The third-order valence-electron chi connectivity index (χ3n) is 3.27. The normalized spacial score (nSPS) is 10.2. The fourth-order valence-electron chi connectivity index (χ4n) is 2.05. The Bertz CT molecular complexity index is 640. The van der Waals surface area contributed by atoms with Crippen LogP contribution in [0.4, 0.5) is 5.69 Å². The topological polar surface area (TPSA) is 38.3 Å². The molecule has 110 valence electrons. The summed E-state index contributed by atoms with van der Waals surface area (Å²) in [7, 11) is 1.65. The van der Waals surface area contributed by atoms with Gasteiger partial charge in [0, 0.05) is 15.7 Å². The highest BCUT2D eigenvalue weighted by molar-refractivity contribution is 14.1. The van der Waals surface area contributed by atoms with Gasteiger partial charge in [-0.2, -0.15) is 0 Å². The molecule has 0 spiro atoms. The Morgan fingerprint density at radius 1 is 1.24 bits per heavy atom. The first kappa shape index (κ1) is 15.8. The van der Waals surface area contributed by atoms with Crippen LogP contribution in [0, 0.1) is 10.5 Å². The second kappa shape index (κ2) is 7.45. The summed E-state index contributed by atoms with van der Waals surface area (Å²) in [6.07, 6.45) is 1.10. The lowest BCUT2D eigenvalue weighted by Gasteiger charge is -2.09. The monoisotopic (exact) mass is 395 g/mol. The number of carbonyl (C=O) groups is 1. The van der Waals surface area contributed by atoms with Crippen LogP contribution >= 0.6 is 22.6 Å². The lowest BCUT2D eigenvalue weighted by atomic mass is 10.1. The summed E-state index contributed by atoms with van der Waals surface area (Å²) in [5.74, 6) is 0.843. The number of aryl methyl sites for hydroxylation is 2. The molecule has 0 unspecified atom stereocenters. The molecule has 0 fully saturated rings. The van der Waals surface area contributed by atoms with Crippen LogP contribution in [0.15, 0.2) is 42.5 Å². The van der Waals surface area contributed by atoms with E-state index in [1.54, 1.807) is 7.11 Å². The minimum atomic E-state index is 0.0144. The number of para-hydroxylation sites is 1. The van der Waals surface area contributed by atoms with Gasteiger partial charge in [-0.05, 0) is 65.3 Å². The van der Waals surface area contributed by atoms with Crippen LogP contribution in [0.2, 0.25) is 0 Å². The summed E-state index contributed by atoms with van der Waals surface area (Å²) in [5, 5.41) is 2.93.